The van der Waals surface area contributed by atoms with Gasteiger partial charge in [-0.15, -0.1) is 22.7 Å². The van der Waals surface area contributed by atoms with Gasteiger partial charge in [0, 0.05) is 17.0 Å². The summed E-state index contributed by atoms with van der Waals surface area (Å²) in [6, 6.07) is 14.1. The first-order valence-corrected chi connectivity index (χ1v) is 10.9. The van der Waals surface area contributed by atoms with E-state index in [4.69, 9.17) is 0 Å². The predicted molar refractivity (Wildman–Crippen MR) is 102 cm³/mol. The Hall–Kier alpha value is -1.96. The maximum atomic E-state index is 13.0. The predicted octanol–water partition coefficient (Wildman–Crippen LogP) is 4.06. The van der Waals surface area contributed by atoms with E-state index in [0.29, 0.717) is 9.77 Å². The van der Waals surface area contributed by atoms with Gasteiger partial charge in [-0.2, -0.15) is 0 Å². The summed E-state index contributed by atoms with van der Waals surface area (Å²) < 4.78 is 26.2. The van der Waals surface area contributed by atoms with E-state index >= 15 is 0 Å². The largest absolute Gasteiger partial charge is 0.350 e. The number of nitrogens with one attached hydrogen (secondary N) is 1. The van der Waals surface area contributed by atoms with Crippen molar-refractivity contribution in [3.8, 4) is 0 Å². The van der Waals surface area contributed by atoms with Gasteiger partial charge in [0.1, 0.15) is 9.46 Å². The fraction of sp³-hybridized carbons (Fsp3) is 0.167. The Bertz CT molecular complexity index is 945. The second kappa shape index (κ2) is 7.51. The normalized spacial score (nSPS) is 12.7. The number of thiophene rings is 2. The molecule has 0 unspecified atom stereocenters. The minimum atomic E-state index is -3.55. The molecule has 0 fully saturated rings. The van der Waals surface area contributed by atoms with Crippen molar-refractivity contribution in [1.82, 2.24) is 5.32 Å². The summed E-state index contributed by atoms with van der Waals surface area (Å²) in [6.45, 7) is 1.94. The summed E-state index contributed by atoms with van der Waals surface area (Å²) in [4.78, 5) is 13.1. The van der Waals surface area contributed by atoms with Gasteiger partial charge < -0.3 is 5.32 Å². The summed E-state index contributed by atoms with van der Waals surface area (Å²) in [7, 11) is -3.55. The number of carbonyl (C=O) groups is 1. The van der Waals surface area contributed by atoms with Gasteiger partial charge in [-0.05, 0) is 41.9 Å². The maximum absolute atomic E-state index is 13.0. The molecule has 2 heterocycles. The van der Waals surface area contributed by atoms with Crippen LogP contribution in [-0.4, -0.2) is 20.9 Å². The number of amides is 1. The van der Waals surface area contributed by atoms with Gasteiger partial charge in [-0.3, -0.25) is 4.79 Å². The highest BCUT2D eigenvalue weighted by atomic mass is 32.2. The minimum Gasteiger partial charge on any atom is -0.350 e. The number of hydrogen-bond acceptors (Lipinski definition) is 5. The lowest BCUT2D eigenvalue weighted by atomic mass is 10.1. The first kappa shape index (κ1) is 17.8. The average molecular weight is 392 g/mol. The zero-order valence-electron chi connectivity index (χ0n) is 13.5. The highest BCUT2D eigenvalue weighted by Gasteiger charge is 2.31. The van der Waals surface area contributed by atoms with Crippen molar-refractivity contribution in [3.05, 3.63) is 75.3 Å². The molecule has 130 valence electrons. The van der Waals surface area contributed by atoms with Gasteiger partial charge in [0.15, 0.2) is 9.84 Å². The average Bonchev–Trinajstić information content (AvgIpc) is 3.28. The zero-order valence-corrected chi connectivity index (χ0v) is 16.0. The van der Waals surface area contributed by atoms with Crippen molar-refractivity contribution in [2.24, 2.45) is 0 Å². The number of aryl methyl sites for hydroxylation is 1. The van der Waals surface area contributed by atoms with Crippen molar-refractivity contribution < 1.29 is 13.2 Å². The Morgan fingerprint density at radius 1 is 1.08 bits per heavy atom. The monoisotopic (exact) mass is 391 g/mol. The third kappa shape index (κ3) is 4.00. The van der Waals surface area contributed by atoms with Gasteiger partial charge >= 0.3 is 0 Å². The van der Waals surface area contributed by atoms with Gasteiger partial charge in [0.25, 0.3) is 5.91 Å². The Labute approximate surface area is 155 Å². The summed E-state index contributed by atoms with van der Waals surface area (Å²) >= 11 is 2.57. The van der Waals surface area contributed by atoms with Crippen LogP contribution in [0.25, 0.3) is 0 Å². The molecule has 1 atom stereocenters. The van der Waals surface area contributed by atoms with Crippen molar-refractivity contribution in [2.45, 2.75) is 16.4 Å². The van der Waals surface area contributed by atoms with Crippen LogP contribution in [0.15, 0.2) is 63.5 Å². The molecule has 0 aliphatic heterocycles. The molecule has 0 aliphatic rings. The van der Waals surface area contributed by atoms with Gasteiger partial charge in [0.2, 0.25) is 0 Å². The van der Waals surface area contributed by atoms with Crippen LogP contribution in [0, 0.1) is 6.92 Å². The van der Waals surface area contributed by atoms with Crippen molar-refractivity contribution in [1.29, 1.82) is 0 Å². The van der Waals surface area contributed by atoms with Crippen LogP contribution in [0.2, 0.25) is 0 Å². The molecular weight excluding hydrogens is 374 g/mol. The van der Waals surface area contributed by atoms with E-state index in [0.717, 1.165) is 10.4 Å². The van der Waals surface area contributed by atoms with E-state index in [1.165, 1.54) is 22.7 Å². The van der Waals surface area contributed by atoms with Crippen LogP contribution in [0.1, 0.15) is 26.0 Å². The number of rotatable bonds is 6. The van der Waals surface area contributed by atoms with Crippen LogP contribution in [-0.2, 0) is 9.84 Å². The van der Waals surface area contributed by atoms with E-state index in [2.05, 4.69) is 5.32 Å². The van der Waals surface area contributed by atoms with E-state index in [1.807, 2.05) is 30.5 Å². The molecule has 1 amide bonds. The Balaban J connectivity index is 1.83. The molecule has 25 heavy (non-hydrogen) atoms. The van der Waals surface area contributed by atoms with Gasteiger partial charge in [0.05, 0.1) is 0 Å². The third-order valence-corrected chi connectivity index (χ3v) is 8.39. The second-order valence-electron chi connectivity index (χ2n) is 5.56. The Morgan fingerprint density at radius 2 is 1.84 bits per heavy atom. The quantitative estimate of drug-likeness (QED) is 0.689. The van der Waals surface area contributed by atoms with Crippen LogP contribution in [0.3, 0.4) is 0 Å². The molecule has 1 N–H and O–H groups in total. The van der Waals surface area contributed by atoms with E-state index < -0.39 is 15.1 Å². The molecule has 0 bridgehead atoms. The Morgan fingerprint density at radius 3 is 2.48 bits per heavy atom. The molecular formula is C18H17NO3S3. The molecule has 4 nitrogen and oxygen atoms in total. The number of carbonyl (C=O) groups excluding carboxylic acids is 1. The number of benzene rings is 1. The lowest BCUT2D eigenvalue weighted by Gasteiger charge is -2.16. The van der Waals surface area contributed by atoms with Gasteiger partial charge in [-0.25, -0.2) is 8.42 Å². The van der Waals surface area contributed by atoms with Crippen LogP contribution >= 0.6 is 22.7 Å². The fourth-order valence-corrected chi connectivity index (χ4v) is 6.47. The zero-order chi connectivity index (χ0) is 17.9. The second-order valence-corrected chi connectivity index (χ2v) is 9.84. The highest BCUT2D eigenvalue weighted by Crippen LogP contribution is 2.33. The molecule has 0 aliphatic carbocycles. The smallest absolute Gasteiger partial charge is 0.251 e. The summed E-state index contributed by atoms with van der Waals surface area (Å²) in [5, 5.41) is 5.57. The molecule has 1 aromatic carbocycles. The summed E-state index contributed by atoms with van der Waals surface area (Å²) in [5.41, 5.74) is 1.51. The van der Waals surface area contributed by atoms with E-state index in [1.54, 1.807) is 35.7 Å². The molecule has 7 heteroatoms. The molecule has 2 aromatic heterocycles. The number of sulfone groups is 1. The van der Waals surface area contributed by atoms with Crippen LogP contribution < -0.4 is 5.32 Å². The molecule has 0 saturated carbocycles. The third-order valence-electron chi connectivity index (χ3n) is 3.74. The van der Waals surface area contributed by atoms with Crippen molar-refractivity contribution in [3.63, 3.8) is 0 Å². The Kier molecular flexibility index (Phi) is 5.36. The van der Waals surface area contributed by atoms with Crippen LogP contribution in [0.4, 0.5) is 0 Å². The first-order chi connectivity index (χ1) is 12.0. The molecule has 0 saturated heterocycles. The summed E-state index contributed by atoms with van der Waals surface area (Å²) in [5.74, 6) is -0.272. The first-order valence-electron chi connectivity index (χ1n) is 7.64. The fourth-order valence-electron chi connectivity index (χ4n) is 2.48. The lowest BCUT2D eigenvalue weighted by Crippen LogP contribution is -2.31. The lowest BCUT2D eigenvalue weighted by molar-refractivity contribution is 0.0953. The van der Waals surface area contributed by atoms with Crippen LogP contribution in [0.5, 0.6) is 0 Å². The molecule has 0 radical (unpaired) electrons. The maximum Gasteiger partial charge on any atom is 0.251 e. The number of hydrogen-bond donors (Lipinski definition) is 1. The minimum absolute atomic E-state index is 0.0352. The molecule has 3 aromatic rings. The molecule has 0 spiro atoms. The van der Waals surface area contributed by atoms with Crippen molar-refractivity contribution >= 4 is 38.4 Å². The molecule has 3 rings (SSSR count). The highest BCUT2D eigenvalue weighted by molar-refractivity contribution is 7.93. The van der Waals surface area contributed by atoms with E-state index in [-0.39, 0.29) is 12.5 Å². The summed E-state index contributed by atoms with van der Waals surface area (Å²) in [6.07, 6.45) is 0. The van der Waals surface area contributed by atoms with E-state index in [9.17, 15) is 13.2 Å². The topological polar surface area (TPSA) is 63.2 Å². The SMILES string of the molecule is Cc1cccc(C(=O)NC[C@@H](c2cccs2)S(=O)(=O)c2cccs2)c1. The van der Waals surface area contributed by atoms with Gasteiger partial charge in [-0.1, -0.05) is 29.8 Å². The van der Waals surface area contributed by atoms with Crippen molar-refractivity contribution in [2.75, 3.05) is 6.54 Å². The standard InChI is InChI=1S/C18H17NO3S3/c1-13-5-2-6-14(11-13)18(20)19-12-16(15-7-3-9-23-15)25(21,22)17-8-4-10-24-17/h2-11,16H,12H2,1H3,(H,19,20)/t16-/m0/s1.